The molecule has 29 heavy (non-hydrogen) atoms. The summed E-state index contributed by atoms with van der Waals surface area (Å²) in [6, 6.07) is 13.5. The topological polar surface area (TPSA) is 64.0 Å². The van der Waals surface area contributed by atoms with Crippen molar-refractivity contribution in [3.63, 3.8) is 0 Å². The summed E-state index contributed by atoms with van der Waals surface area (Å²) in [4.78, 5) is 29.8. The largest absolute Gasteiger partial charge is 0.355 e. The van der Waals surface area contributed by atoms with Crippen LogP contribution in [0.15, 0.2) is 58.5 Å². The van der Waals surface area contributed by atoms with Crippen LogP contribution < -0.4 is 10.9 Å². The normalized spacial score (nSPS) is 12.1. The van der Waals surface area contributed by atoms with Crippen LogP contribution in [0, 0.1) is 5.82 Å². The summed E-state index contributed by atoms with van der Waals surface area (Å²) in [5.41, 5.74) is 1.52. The van der Waals surface area contributed by atoms with Crippen LogP contribution in [-0.2, 0) is 11.2 Å². The molecule has 0 radical (unpaired) electrons. The van der Waals surface area contributed by atoms with Gasteiger partial charge in [0.05, 0.1) is 16.7 Å². The lowest BCUT2D eigenvalue weighted by Crippen LogP contribution is -2.29. The molecule has 0 aliphatic carbocycles. The van der Waals surface area contributed by atoms with Crippen LogP contribution in [-0.4, -0.2) is 27.8 Å². The van der Waals surface area contributed by atoms with E-state index in [1.54, 1.807) is 22.8 Å². The fraction of sp³-hybridized carbons (Fsp3) is 0.318. The molecule has 0 unspecified atom stereocenters. The Kier molecular flexibility index (Phi) is 7.04. The Morgan fingerprint density at radius 3 is 2.66 bits per heavy atom. The van der Waals surface area contributed by atoms with Gasteiger partial charge in [-0.3, -0.25) is 14.2 Å². The van der Waals surface area contributed by atoms with E-state index in [2.05, 4.69) is 10.3 Å². The molecular formula is C22H24FN3O2S. The number of hydrogen-bond acceptors (Lipinski definition) is 4. The number of fused-ring (bicyclic) bond motifs is 1. The van der Waals surface area contributed by atoms with E-state index in [1.165, 1.54) is 23.9 Å². The van der Waals surface area contributed by atoms with Crippen LogP contribution in [0.1, 0.15) is 31.9 Å². The zero-order chi connectivity index (χ0) is 20.8. The quantitative estimate of drug-likeness (QED) is 0.449. The summed E-state index contributed by atoms with van der Waals surface area (Å²) in [7, 11) is 0. The summed E-state index contributed by atoms with van der Waals surface area (Å²) in [5.74, 6) is -0.232. The van der Waals surface area contributed by atoms with Gasteiger partial charge in [-0.15, -0.1) is 0 Å². The van der Waals surface area contributed by atoms with Gasteiger partial charge in [-0.05, 0) is 49.6 Å². The van der Waals surface area contributed by atoms with Gasteiger partial charge < -0.3 is 5.32 Å². The molecule has 0 saturated heterocycles. The number of para-hydroxylation sites is 1. The molecule has 1 aromatic heterocycles. The van der Waals surface area contributed by atoms with Crippen molar-refractivity contribution in [2.75, 3.05) is 12.3 Å². The lowest BCUT2D eigenvalue weighted by Gasteiger charge is -2.18. The molecule has 3 rings (SSSR count). The highest BCUT2D eigenvalue weighted by molar-refractivity contribution is 7.99. The first kappa shape index (κ1) is 21.0. The molecule has 3 aromatic rings. The molecule has 5 nitrogen and oxygen atoms in total. The number of carbonyl (C=O) groups is 1. The first-order valence-electron chi connectivity index (χ1n) is 9.64. The summed E-state index contributed by atoms with van der Waals surface area (Å²) in [6.07, 6.45) is 1.42. The fourth-order valence-corrected chi connectivity index (χ4v) is 3.90. The number of hydrogen-bond donors (Lipinski definition) is 1. The van der Waals surface area contributed by atoms with E-state index in [1.807, 2.05) is 32.0 Å². The minimum atomic E-state index is -0.274. The number of nitrogens with one attached hydrogen (secondary N) is 1. The molecule has 0 bridgehead atoms. The summed E-state index contributed by atoms with van der Waals surface area (Å²) in [5, 5.41) is 4.00. The molecule has 1 atom stereocenters. The Hall–Kier alpha value is -2.67. The van der Waals surface area contributed by atoms with Crippen molar-refractivity contribution in [1.29, 1.82) is 0 Å². The molecule has 0 aliphatic rings. The second-order valence-electron chi connectivity index (χ2n) is 6.86. The highest BCUT2D eigenvalue weighted by Gasteiger charge is 2.16. The lowest BCUT2D eigenvalue weighted by atomic mass is 10.1. The van der Waals surface area contributed by atoms with Crippen molar-refractivity contribution in [3.8, 4) is 0 Å². The zero-order valence-corrected chi connectivity index (χ0v) is 17.3. The van der Waals surface area contributed by atoms with E-state index < -0.39 is 0 Å². The van der Waals surface area contributed by atoms with Gasteiger partial charge in [0.25, 0.3) is 5.56 Å². The molecule has 0 saturated carbocycles. The van der Waals surface area contributed by atoms with Crippen LogP contribution in [0.4, 0.5) is 4.39 Å². The van der Waals surface area contributed by atoms with E-state index in [-0.39, 0.29) is 29.1 Å². The zero-order valence-electron chi connectivity index (χ0n) is 16.5. The SMILES string of the molecule is CC[C@@H](C)n1c(SCC(=O)NCCc2ccc(F)cc2)nc2ccccc2c1=O. The van der Waals surface area contributed by atoms with Crippen molar-refractivity contribution >= 4 is 28.6 Å². The summed E-state index contributed by atoms with van der Waals surface area (Å²) >= 11 is 1.27. The lowest BCUT2D eigenvalue weighted by molar-refractivity contribution is -0.118. The monoisotopic (exact) mass is 413 g/mol. The van der Waals surface area contributed by atoms with Crippen LogP contribution in [0.2, 0.25) is 0 Å². The summed E-state index contributed by atoms with van der Waals surface area (Å²) < 4.78 is 14.6. The molecule has 2 aromatic carbocycles. The molecule has 0 aliphatic heterocycles. The Balaban J connectivity index is 1.66. The first-order valence-corrected chi connectivity index (χ1v) is 10.6. The number of rotatable bonds is 8. The smallest absolute Gasteiger partial charge is 0.262 e. The van der Waals surface area contributed by atoms with Gasteiger partial charge in [-0.2, -0.15) is 0 Å². The van der Waals surface area contributed by atoms with E-state index in [9.17, 15) is 14.0 Å². The van der Waals surface area contributed by atoms with Crippen molar-refractivity contribution in [1.82, 2.24) is 14.9 Å². The Labute approximate surface area is 173 Å². The van der Waals surface area contributed by atoms with Crippen LogP contribution in [0.5, 0.6) is 0 Å². The third-order valence-electron chi connectivity index (χ3n) is 4.79. The van der Waals surface area contributed by atoms with Crippen molar-refractivity contribution in [3.05, 3.63) is 70.3 Å². The van der Waals surface area contributed by atoms with Crippen molar-refractivity contribution < 1.29 is 9.18 Å². The predicted molar refractivity (Wildman–Crippen MR) is 115 cm³/mol. The van der Waals surface area contributed by atoms with Gasteiger partial charge in [0.2, 0.25) is 5.91 Å². The van der Waals surface area contributed by atoms with Gasteiger partial charge >= 0.3 is 0 Å². The average Bonchev–Trinajstić information content (AvgIpc) is 2.73. The standard InChI is InChI=1S/C22H24FN3O2S/c1-3-15(2)26-21(28)18-6-4-5-7-19(18)25-22(26)29-14-20(27)24-13-12-16-8-10-17(23)11-9-16/h4-11,15H,3,12-14H2,1-2H3,(H,24,27)/t15-/m1/s1. The minimum Gasteiger partial charge on any atom is -0.355 e. The number of carbonyl (C=O) groups excluding carboxylic acids is 1. The van der Waals surface area contributed by atoms with Crippen LogP contribution in [0.3, 0.4) is 0 Å². The number of benzene rings is 2. The molecule has 1 amide bonds. The number of aromatic nitrogens is 2. The van der Waals surface area contributed by atoms with Gasteiger partial charge in [0.1, 0.15) is 5.82 Å². The van der Waals surface area contributed by atoms with Crippen LogP contribution >= 0.6 is 11.8 Å². The van der Waals surface area contributed by atoms with E-state index >= 15 is 0 Å². The molecule has 152 valence electrons. The average molecular weight is 414 g/mol. The van der Waals surface area contributed by atoms with Gasteiger partial charge in [-0.25, -0.2) is 9.37 Å². The van der Waals surface area contributed by atoms with Crippen molar-refractivity contribution in [2.24, 2.45) is 0 Å². The van der Waals surface area contributed by atoms with E-state index in [0.717, 1.165) is 12.0 Å². The van der Waals surface area contributed by atoms with Gasteiger partial charge in [0.15, 0.2) is 5.16 Å². The Bertz CT molecular complexity index is 1050. The summed E-state index contributed by atoms with van der Waals surface area (Å²) in [6.45, 7) is 4.46. The highest BCUT2D eigenvalue weighted by atomic mass is 32.2. The number of amides is 1. The van der Waals surface area contributed by atoms with E-state index in [4.69, 9.17) is 0 Å². The number of thioether (sulfide) groups is 1. The molecule has 7 heteroatoms. The van der Waals surface area contributed by atoms with Crippen molar-refractivity contribution in [2.45, 2.75) is 37.9 Å². The number of halogens is 1. The highest BCUT2D eigenvalue weighted by Crippen LogP contribution is 2.22. The Morgan fingerprint density at radius 1 is 1.21 bits per heavy atom. The minimum absolute atomic E-state index is 0.0105. The molecule has 1 heterocycles. The van der Waals surface area contributed by atoms with E-state index in [0.29, 0.717) is 29.0 Å². The molecule has 1 N–H and O–H groups in total. The first-order chi connectivity index (χ1) is 14.0. The predicted octanol–water partition coefficient (Wildman–Crippen LogP) is 3.96. The van der Waals surface area contributed by atoms with Gasteiger partial charge in [-0.1, -0.05) is 43.0 Å². The second-order valence-corrected chi connectivity index (χ2v) is 7.80. The second kappa shape index (κ2) is 9.69. The van der Waals surface area contributed by atoms with Gasteiger partial charge in [0, 0.05) is 12.6 Å². The number of nitrogens with zero attached hydrogens (tertiary/aromatic N) is 2. The third kappa shape index (κ3) is 5.23. The third-order valence-corrected chi connectivity index (χ3v) is 5.74. The maximum atomic E-state index is 12.9. The molecular weight excluding hydrogens is 389 g/mol. The maximum absolute atomic E-state index is 12.9. The molecule has 0 fully saturated rings. The Morgan fingerprint density at radius 2 is 1.93 bits per heavy atom. The fourth-order valence-electron chi connectivity index (χ4n) is 2.98. The molecule has 0 spiro atoms. The van der Waals surface area contributed by atoms with Crippen LogP contribution in [0.25, 0.3) is 10.9 Å². The maximum Gasteiger partial charge on any atom is 0.262 e.